The van der Waals surface area contributed by atoms with Crippen LogP contribution in [0.3, 0.4) is 0 Å². The van der Waals surface area contributed by atoms with Crippen molar-refractivity contribution in [3.63, 3.8) is 0 Å². The molecule has 2 nitrogen and oxygen atoms in total. The van der Waals surface area contributed by atoms with E-state index in [0.29, 0.717) is 5.41 Å². The Bertz CT molecular complexity index is 225. The summed E-state index contributed by atoms with van der Waals surface area (Å²) in [6, 6.07) is 0. The first-order valence-corrected chi connectivity index (χ1v) is 8.56. The van der Waals surface area contributed by atoms with Crippen LogP contribution in [0.4, 0.5) is 0 Å². The van der Waals surface area contributed by atoms with Crippen molar-refractivity contribution in [3.8, 4) is 0 Å². The van der Waals surface area contributed by atoms with Gasteiger partial charge in [0, 0.05) is 19.6 Å². The molecule has 2 heteroatoms. The second-order valence-electron chi connectivity index (χ2n) is 6.92. The van der Waals surface area contributed by atoms with Crippen LogP contribution in [-0.2, 0) is 0 Å². The van der Waals surface area contributed by atoms with Gasteiger partial charge in [-0.1, -0.05) is 34.1 Å². The molecule has 1 aliphatic rings. The van der Waals surface area contributed by atoms with Gasteiger partial charge in [0.1, 0.15) is 0 Å². The van der Waals surface area contributed by atoms with E-state index in [0.717, 1.165) is 12.5 Å². The van der Waals surface area contributed by atoms with E-state index in [-0.39, 0.29) is 0 Å². The zero-order valence-corrected chi connectivity index (χ0v) is 13.8. The molecule has 0 bridgehead atoms. The van der Waals surface area contributed by atoms with Crippen LogP contribution >= 0.6 is 0 Å². The molecule has 1 saturated carbocycles. The van der Waals surface area contributed by atoms with E-state index in [2.05, 4.69) is 37.9 Å². The van der Waals surface area contributed by atoms with E-state index < -0.39 is 0 Å². The minimum absolute atomic E-state index is 0.452. The highest BCUT2D eigenvalue weighted by atomic mass is 15.1. The largest absolute Gasteiger partial charge is 0.316 e. The lowest BCUT2D eigenvalue weighted by atomic mass is 9.84. The summed E-state index contributed by atoms with van der Waals surface area (Å²) in [7, 11) is 0. The number of nitrogens with zero attached hydrogens (tertiary/aromatic N) is 1. The number of nitrogens with one attached hydrogen (secondary N) is 1. The molecule has 19 heavy (non-hydrogen) atoms. The van der Waals surface area contributed by atoms with Crippen molar-refractivity contribution in [2.24, 2.45) is 11.3 Å². The van der Waals surface area contributed by atoms with E-state index in [1.165, 1.54) is 64.7 Å². The summed E-state index contributed by atoms with van der Waals surface area (Å²) in [5.74, 6) is 1.01. The van der Waals surface area contributed by atoms with Crippen molar-refractivity contribution >= 4 is 0 Å². The van der Waals surface area contributed by atoms with Gasteiger partial charge in [-0.3, -0.25) is 0 Å². The first-order chi connectivity index (χ1) is 9.13. The van der Waals surface area contributed by atoms with Crippen LogP contribution in [0.2, 0.25) is 0 Å². The molecule has 0 aromatic carbocycles. The van der Waals surface area contributed by atoms with Crippen molar-refractivity contribution in [1.82, 2.24) is 10.2 Å². The third kappa shape index (κ3) is 7.31. The summed E-state index contributed by atoms with van der Waals surface area (Å²) in [4.78, 5) is 2.74. The third-order valence-electron chi connectivity index (χ3n) is 4.19. The van der Waals surface area contributed by atoms with Crippen molar-refractivity contribution in [2.75, 3.05) is 32.7 Å². The SMILES string of the molecule is CCCNCC(C)(CCC)CN(CCC)CC1CC1. The molecule has 0 aliphatic heterocycles. The third-order valence-corrected chi connectivity index (χ3v) is 4.19. The van der Waals surface area contributed by atoms with Crippen molar-refractivity contribution in [1.29, 1.82) is 0 Å². The molecule has 0 radical (unpaired) electrons. The number of rotatable bonds is 12. The first kappa shape index (κ1) is 17.0. The first-order valence-electron chi connectivity index (χ1n) is 8.56. The molecule has 0 saturated heterocycles. The lowest BCUT2D eigenvalue weighted by Crippen LogP contribution is -2.43. The van der Waals surface area contributed by atoms with Crippen LogP contribution in [0.25, 0.3) is 0 Å². The van der Waals surface area contributed by atoms with Gasteiger partial charge in [0.2, 0.25) is 0 Å². The van der Waals surface area contributed by atoms with Crippen LogP contribution in [-0.4, -0.2) is 37.6 Å². The van der Waals surface area contributed by atoms with E-state index in [9.17, 15) is 0 Å². The Morgan fingerprint density at radius 3 is 2.37 bits per heavy atom. The van der Waals surface area contributed by atoms with E-state index >= 15 is 0 Å². The van der Waals surface area contributed by atoms with E-state index in [1.807, 2.05) is 0 Å². The lowest BCUT2D eigenvalue weighted by molar-refractivity contribution is 0.144. The molecule has 0 aromatic heterocycles. The highest BCUT2D eigenvalue weighted by molar-refractivity contribution is 4.84. The fourth-order valence-electron chi connectivity index (χ4n) is 3.15. The summed E-state index contributed by atoms with van der Waals surface area (Å²) in [5.41, 5.74) is 0.452. The molecule has 1 atom stereocenters. The molecule has 0 spiro atoms. The molecule has 1 aliphatic carbocycles. The summed E-state index contributed by atoms with van der Waals surface area (Å²) in [6.45, 7) is 15.6. The molecule has 0 heterocycles. The fourth-order valence-corrected chi connectivity index (χ4v) is 3.15. The van der Waals surface area contributed by atoms with Gasteiger partial charge in [-0.2, -0.15) is 0 Å². The topological polar surface area (TPSA) is 15.3 Å². The fraction of sp³-hybridized carbons (Fsp3) is 1.00. The van der Waals surface area contributed by atoms with Gasteiger partial charge in [-0.15, -0.1) is 0 Å². The standard InChI is InChI=1S/C17H36N2/c1-5-10-17(4,14-18-11-6-2)15-19(12-7-3)13-16-8-9-16/h16,18H,5-15H2,1-4H3. The summed E-state index contributed by atoms with van der Waals surface area (Å²) >= 11 is 0. The minimum Gasteiger partial charge on any atom is -0.316 e. The summed E-state index contributed by atoms with van der Waals surface area (Å²) < 4.78 is 0. The molecule has 0 aromatic rings. The normalized spacial score (nSPS) is 18.8. The molecule has 1 fully saturated rings. The molecule has 0 amide bonds. The Balaban J connectivity index is 2.45. The average molecular weight is 268 g/mol. The maximum absolute atomic E-state index is 3.65. The Morgan fingerprint density at radius 2 is 1.84 bits per heavy atom. The predicted octanol–water partition coefficient (Wildman–Crippen LogP) is 3.91. The van der Waals surface area contributed by atoms with Crippen LogP contribution in [0.5, 0.6) is 0 Å². The van der Waals surface area contributed by atoms with Crippen molar-refractivity contribution < 1.29 is 0 Å². The van der Waals surface area contributed by atoms with Gasteiger partial charge in [0.05, 0.1) is 0 Å². The Labute approximate surface area is 121 Å². The quantitative estimate of drug-likeness (QED) is 0.540. The maximum atomic E-state index is 3.65. The van der Waals surface area contributed by atoms with Crippen LogP contribution < -0.4 is 5.32 Å². The second kappa shape index (κ2) is 8.97. The molecule has 1 N–H and O–H groups in total. The minimum atomic E-state index is 0.452. The number of hydrogen-bond donors (Lipinski definition) is 1. The molecule has 1 rings (SSSR count). The van der Waals surface area contributed by atoms with Crippen molar-refractivity contribution in [2.45, 2.75) is 66.2 Å². The summed E-state index contributed by atoms with van der Waals surface area (Å²) in [5, 5.41) is 3.65. The zero-order valence-electron chi connectivity index (χ0n) is 13.8. The van der Waals surface area contributed by atoms with Gasteiger partial charge < -0.3 is 10.2 Å². The maximum Gasteiger partial charge on any atom is 0.00476 e. The van der Waals surface area contributed by atoms with Crippen molar-refractivity contribution in [3.05, 3.63) is 0 Å². The smallest absolute Gasteiger partial charge is 0.00476 e. The number of hydrogen-bond acceptors (Lipinski definition) is 2. The van der Waals surface area contributed by atoms with E-state index in [1.54, 1.807) is 0 Å². The molecular weight excluding hydrogens is 232 g/mol. The Hall–Kier alpha value is -0.0800. The Morgan fingerprint density at radius 1 is 1.11 bits per heavy atom. The van der Waals surface area contributed by atoms with Gasteiger partial charge >= 0.3 is 0 Å². The summed E-state index contributed by atoms with van der Waals surface area (Å²) in [6.07, 6.45) is 8.11. The second-order valence-corrected chi connectivity index (χ2v) is 6.92. The molecule has 114 valence electrons. The Kier molecular flexibility index (Phi) is 8.01. The van der Waals surface area contributed by atoms with E-state index in [4.69, 9.17) is 0 Å². The highest BCUT2D eigenvalue weighted by Crippen LogP contribution is 2.32. The van der Waals surface area contributed by atoms with Gasteiger partial charge in [0.15, 0.2) is 0 Å². The molecular formula is C17H36N2. The van der Waals surface area contributed by atoms with Gasteiger partial charge in [0.25, 0.3) is 0 Å². The molecule has 1 unspecified atom stereocenters. The van der Waals surface area contributed by atoms with Gasteiger partial charge in [-0.25, -0.2) is 0 Å². The van der Waals surface area contributed by atoms with Gasteiger partial charge in [-0.05, 0) is 56.5 Å². The van der Waals surface area contributed by atoms with Crippen LogP contribution in [0.1, 0.15) is 66.2 Å². The zero-order chi connectivity index (χ0) is 14.1. The average Bonchev–Trinajstić information content (AvgIpc) is 3.14. The van der Waals surface area contributed by atoms with Crippen LogP contribution in [0, 0.1) is 11.3 Å². The van der Waals surface area contributed by atoms with Crippen LogP contribution in [0.15, 0.2) is 0 Å². The lowest BCUT2D eigenvalue weighted by Gasteiger charge is -2.36. The predicted molar refractivity (Wildman–Crippen MR) is 85.6 cm³/mol. The monoisotopic (exact) mass is 268 g/mol. The highest BCUT2D eigenvalue weighted by Gasteiger charge is 2.29.